The molecule has 176 valence electrons. The summed E-state index contributed by atoms with van der Waals surface area (Å²) >= 11 is 3.29. The lowest BCUT2D eigenvalue weighted by molar-refractivity contribution is 0.00578. The van der Waals surface area contributed by atoms with Crippen LogP contribution >= 0.6 is 15.9 Å². The SMILES string of the molecule is CC1(C)OB(c2ccc3cn[nH]c3c2)OC1(C)C.O=c1ccc(Br)cn1Cc1cccc(F)c1. The van der Waals surface area contributed by atoms with E-state index in [1.165, 1.54) is 22.8 Å². The average molecular weight is 526 g/mol. The average Bonchev–Trinajstić information content (AvgIpc) is 3.32. The highest BCUT2D eigenvalue weighted by Gasteiger charge is 2.51. The molecule has 0 radical (unpaired) electrons. The van der Waals surface area contributed by atoms with Crippen molar-refractivity contribution in [3.63, 3.8) is 0 Å². The molecule has 0 bridgehead atoms. The van der Waals surface area contributed by atoms with Crippen molar-refractivity contribution < 1.29 is 13.7 Å². The van der Waals surface area contributed by atoms with Crippen LogP contribution in [0.4, 0.5) is 4.39 Å². The summed E-state index contributed by atoms with van der Waals surface area (Å²) < 4.78 is 27.3. The van der Waals surface area contributed by atoms with Gasteiger partial charge in [0.25, 0.3) is 5.56 Å². The van der Waals surface area contributed by atoms with Crippen LogP contribution in [0.1, 0.15) is 33.3 Å². The highest BCUT2D eigenvalue weighted by Crippen LogP contribution is 2.36. The minimum absolute atomic E-state index is 0.104. The fourth-order valence-corrected chi connectivity index (χ4v) is 3.92. The minimum atomic E-state index is -0.317. The summed E-state index contributed by atoms with van der Waals surface area (Å²) in [6, 6.07) is 15.5. The Kier molecular flexibility index (Phi) is 6.80. The monoisotopic (exact) mass is 525 g/mol. The largest absolute Gasteiger partial charge is 0.494 e. The number of benzene rings is 2. The molecule has 5 rings (SSSR count). The van der Waals surface area contributed by atoms with Crippen LogP contribution in [-0.2, 0) is 15.9 Å². The number of hydrogen-bond donors (Lipinski definition) is 1. The topological polar surface area (TPSA) is 69.1 Å². The second-order valence-corrected chi connectivity index (χ2v) is 10.2. The molecular formula is C25H26BBrFN3O3. The summed E-state index contributed by atoms with van der Waals surface area (Å²) in [5, 5.41) is 8.08. The van der Waals surface area contributed by atoms with E-state index in [0.29, 0.717) is 6.54 Å². The summed E-state index contributed by atoms with van der Waals surface area (Å²) in [4.78, 5) is 11.5. The Bertz CT molecular complexity index is 1350. The second kappa shape index (κ2) is 9.48. The standard InChI is InChI=1S/C13H17BN2O2.C12H9BrFNO/c1-12(2)13(3,4)18-14(17-12)10-6-5-9-8-15-16-11(9)7-10;13-10-4-5-12(16)15(8-10)7-9-2-1-3-11(14)6-9/h5-8H,1-4H3,(H,15,16);1-6,8H,7H2. The lowest BCUT2D eigenvalue weighted by Crippen LogP contribution is -2.41. The molecule has 0 spiro atoms. The number of halogens is 2. The van der Waals surface area contributed by atoms with Gasteiger partial charge in [0.1, 0.15) is 5.82 Å². The smallest absolute Gasteiger partial charge is 0.399 e. The third kappa shape index (κ3) is 5.32. The van der Waals surface area contributed by atoms with Crippen LogP contribution in [0.3, 0.4) is 0 Å². The highest BCUT2D eigenvalue weighted by molar-refractivity contribution is 9.10. The Morgan fingerprint density at radius 2 is 1.79 bits per heavy atom. The minimum Gasteiger partial charge on any atom is -0.399 e. The Hall–Kier alpha value is -2.75. The van der Waals surface area contributed by atoms with Gasteiger partial charge in [-0.25, -0.2) is 4.39 Å². The van der Waals surface area contributed by atoms with E-state index in [4.69, 9.17) is 9.31 Å². The third-order valence-electron chi connectivity index (χ3n) is 6.18. The summed E-state index contributed by atoms with van der Waals surface area (Å²) in [6.45, 7) is 8.60. The molecule has 0 unspecified atom stereocenters. The molecular weight excluding hydrogens is 500 g/mol. The van der Waals surface area contributed by atoms with Crippen molar-refractivity contribution >= 4 is 39.4 Å². The van der Waals surface area contributed by atoms with Crippen LogP contribution in [0, 0.1) is 5.82 Å². The molecule has 1 aliphatic heterocycles. The van der Waals surface area contributed by atoms with E-state index >= 15 is 0 Å². The molecule has 2 aromatic carbocycles. The van der Waals surface area contributed by atoms with E-state index in [-0.39, 0.29) is 29.7 Å². The van der Waals surface area contributed by atoms with Gasteiger partial charge in [0.15, 0.2) is 0 Å². The summed E-state index contributed by atoms with van der Waals surface area (Å²) in [5.74, 6) is -0.291. The molecule has 3 heterocycles. The first-order valence-electron chi connectivity index (χ1n) is 10.9. The van der Waals surface area contributed by atoms with Gasteiger partial charge in [0.2, 0.25) is 0 Å². The zero-order valence-corrected chi connectivity index (χ0v) is 21.1. The van der Waals surface area contributed by atoms with Gasteiger partial charge < -0.3 is 13.9 Å². The van der Waals surface area contributed by atoms with Crippen LogP contribution in [0.2, 0.25) is 0 Å². The van der Waals surface area contributed by atoms with Gasteiger partial charge in [-0.2, -0.15) is 5.10 Å². The number of nitrogens with zero attached hydrogens (tertiary/aromatic N) is 2. The predicted molar refractivity (Wildman–Crippen MR) is 136 cm³/mol. The fourth-order valence-electron chi connectivity index (χ4n) is 3.54. The maximum absolute atomic E-state index is 13.0. The van der Waals surface area contributed by atoms with E-state index < -0.39 is 0 Å². The van der Waals surface area contributed by atoms with E-state index in [2.05, 4.69) is 53.8 Å². The number of pyridine rings is 1. The van der Waals surface area contributed by atoms with Gasteiger partial charge >= 0.3 is 7.12 Å². The van der Waals surface area contributed by atoms with Gasteiger partial charge in [-0.15, -0.1) is 0 Å². The lowest BCUT2D eigenvalue weighted by atomic mass is 9.79. The first kappa shape index (κ1) is 24.4. The highest BCUT2D eigenvalue weighted by atomic mass is 79.9. The molecule has 1 fully saturated rings. The molecule has 2 aromatic heterocycles. The second-order valence-electron chi connectivity index (χ2n) is 9.25. The predicted octanol–water partition coefficient (Wildman–Crippen LogP) is 4.66. The van der Waals surface area contributed by atoms with Crippen molar-refractivity contribution in [2.45, 2.75) is 45.4 Å². The van der Waals surface area contributed by atoms with Crippen molar-refractivity contribution in [2.75, 3.05) is 0 Å². The number of H-pyrrole nitrogens is 1. The van der Waals surface area contributed by atoms with E-state index in [0.717, 1.165) is 26.4 Å². The van der Waals surface area contributed by atoms with Crippen LogP contribution in [0.5, 0.6) is 0 Å². The molecule has 4 aromatic rings. The summed E-state index contributed by atoms with van der Waals surface area (Å²) in [5.41, 5.74) is 2.07. The maximum Gasteiger partial charge on any atom is 0.494 e. The van der Waals surface area contributed by atoms with Gasteiger partial charge in [-0.1, -0.05) is 24.3 Å². The molecule has 0 saturated carbocycles. The van der Waals surface area contributed by atoms with Crippen molar-refractivity contribution in [3.05, 3.63) is 93.2 Å². The normalized spacial score (nSPS) is 16.4. The van der Waals surface area contributed by atoms with Crippen molar-refractivity contribution in [1.82, 2.24) is 14.8 Å². The number of aromatic nitrogens is 3. The molecule has 0 aliphatic carbocycles. The Balaban J connectivity index is 0.000000162. The van der Waals surface area contributed by atoms with Gasteiger partial charge in [0.05, 0.1) is 29.5 Å². The van der Waals surface area contributed by atoms with E-state index in [1.807, 2.05) is 24.4 Å². The van der Waals surface area contributed by atoms with Crippen LogP contribution in [0.25, 0.3) is 10.9 Å². The lowest BCUT2D eigenvalue weighted by Gasteiger charge is -2.32. The number of rotatable bonds is 3. The Labute approximate surface area is 206 Å². The number of fused-ring (bicyclic) bond motifs is 1. The Morgan fingerprint density at radius 3 is 2.50 bits per heavy atom. The maximum atomic E-state index is 13.0. The van der Waals surface area contributed by atoms with Gasteiger partial charge in [-0.3, -0.25) is 9.89 Å². The molecule has 1 N–H and O–H groups in total. The fraction of sp³-hybridized carbons (Fsp3) is 0.280. The number of nitrogens with one attached hydrogen (secondary N) is 1. The van der Waals surface area contributed by atoms with E-state index in [9.17, 15) is 9.18 Å². The summed E-state index contributed by atoms with van der Waals surface area (Å²) in [7, 11) is -0.317. The molecule has 1 aliphatic rings. The first-order valence-corrected chi connectivity index (χ1v) is 11.7. The van der Waals surface area contributed by atoms with Crippen LogP contribution < -0.4 is 11.0 Å². The van der Waals surface area contributed by atoms with Crippen LogP contribution in [-0.4, -0.2) is 33.1 Å². The third-order valence-corrected chi connectivity index (χ3v) is 6.65. The van der Waals surface area contributed by atoms with Crippen molar-refractivity contribution in [2.24, 2.45) is 0 Å². The molecule has 0 amide bonds. The van der Waals surface area contributed by atoms with Crippen LogP contribution in [0.15, 0.2) is 76.3 Å². The molecule has 9 heteroatoms. The molecule has 34 heavy (non-hydrogen) atoms. The molecule has 6 nitrogen and oxygen atoms in total. The zero-order valence-electron chi connectivity index (χ0n) is 19.5. The number of hydrogen-bond acceptors (Lipinski definition) is 4. The van der Waals surface area contributed by atoms with E-state index in [1.54, 1.807) is 24.4 Å². The molecule has 0 atom stereocenters. The number of aromatic amines is 1. The quantitative estimate of drug-likeness (QED) is 0.395. The van der Waals surface area contributed by atoms with Crippen molar-refractivity contribution in [1.29, 1.82) is 0 Å². The Morgan fingerprint density at radius 1 is 1.06 bits per heavy atom. The molecule has 1 saturated heterocycles. The first-order chi connectivity index (χ1) is 16.0. The van der Waals surface area contributed by atoms with Gasteiger partial charge in [-0.05, 0) is 78.9 Å². The van der Waals surface area contributed by atoms with Gasteiger partial charge in [0, 0.05) is 22.1 Å². The summed E-state index contributed by atoms with van der Waals surface area (Å²) in [6.07, 6.45) is 3.50. The zero-order chi connectivity index (χ0) is 24.5. The van der Waals surface area contributed by atoms with Crippen molar-refractivity contribution in [3.8, 4) is 0 Å².